The molecule has 0 spiro atoms. The zero-order valence-electron chi connectivity index (χ0n) is 16.4. The van der Waals surface area contributed by atoms with Gasteiger partial charge < -0.3 is 14.4 Å². The number of aromatic nitrogens is 1. The molecule has 6 nitrogen and oxygen atoms in total. The van der Waals surface area contributed by atoms with Gasteiger partial charge in [-0.05, 0) is 43.7 Å². The van der Waals surface area contributed by atoms with Crippen molar-refractivity contribution in [2.24, 2.45) is 5.92 Å². The quantitative estimate of drug-likeness (QED) is 0.764. The molecule has 0 saturated carbocycles. The number of amides is 1. The number of ether oxygens (including phenoxy) is 2. The third-order valence-electron chi connectivity index (χ3n) is 5.66. The Hall–Kier alpha value is -2.47. The maximum atomic E-state index is 13.2. The number of hydrogen-bond acceptors (Lipinski definition) is 5. The van der Waals surface area contributed by atoms with Crippen LogP contribution in [0.4, 0.5) is 0 Å². The summed E-state index contributed by atoms with van der Waals surface area (Å²) >= 11 is 0. The van der Waals surface area contributed by atoms with Crippen molar-refractivity contribution in [2.45, 2.75) is 39.2 Å². The molecule has 1 aliphatic heterocycles. The summed E-state index contributed by atoms with van der Waals surface area (Å²) in [6.45, 7) is 5.95. The molecule has 1 aromatic heterocycles. The van der Waals surface area contributed by atoms with Crippen molar-refractivity contribution in [1.82, 2.24) is 9.88 Å². The zero-order chi connectivity index (χ0) is 19.7. The van der Waals surface area contributed by atoms with E-state index in [-0.39, 0.29) is 5.91 Å². The monoisotopic (exact) mass is 382 g/mol. The summed E-state index contributed by atoms with van der Waals surface area (Å²) in [6.07, 6.45) is 1.92. The minimum atomic E-state index is -0.825. The molecule has 6 heteroatoms. The number of morpholine rings is 1. The number of pyridine rings is 1. The summed E-state index contributed by atoms with van der Waals surface area (Å²) in [4.78, 5) is 32.3. The molecule has 2 aromatic rings. The summed E-state index contributed by atoms with van der Waals surface area (Å²) in [5.74, 6) is -0.107. The van der Waals surface area contributed by atoms with Crippen LogP contribution < -0.4 is 0 Å². The number of hydrogen-bond donors (Lipinski definition) is 0. The third-order valence-corrected chi connectivity index (χ3v) is 5.66. The molecular formula is C22H26N2O4. The fraction of sp³-hybridized carbons (Fsp3) is 0.500. The molecule has 2 heterocycles. The Morgan fingerprint density at radius 3 is 2.79 bits per heavy atom. The molecule has 0 radical (unpaired) electrons. The molecule has 1 amide bonds. The molecule has 0 N–H and O–H groups in total. The standard InChI is InChI=1S/C22H26N2O4/c1-14-7-8-19-17(13-14)20(16-5-3-4-6-18(16)23-19)22(26)28-15(2)21(25)24-9-11-27-12-10-24/h3-6,14-15H,7-13H2,1-2H3. The lowest BCUT2D eigenvalue weighted by Gasteiger charge is -2.29. The van der Waals surface area contributed by atoms with Crippen LogP contribution in [0, 0.1) is 5.92 Å². The highest BCUT2D eigenvalue weighted by Crippen LogP contribution is 2.32. The van der Waals surface area contributed by atoms with Crippen LogP contribution in [0.15, 0.2) is 24.3 Å². The van der Waals surface area contributed by atoms with Crippen LogP contribution >= 0.6 is 0 Å². The average Bonchev–Trinajstić information content (AvgIpc) is 2.72. The van der Waals surface area contributed by atoms with Gasteiger partial charge in [0.25, 0.3) is 5.91 Å². The van der Waals surface area contributed by atoms with E-state index in [4.69, 9.17) is 14.5 Å². The van der Waals surface area contributed by atoms with E-state index in [0.717, 1.165) is 41.4 Å². The molecule has 2 aliphatic rings. The van der Waals surface area contributed by atoms with E-state index < -0.39 is 12.1 Å². The van der Waals surface area contributed by atoms with Crippen molar-refractivity contribution in [3.8, 4) is 0 Å². The lowest BCUT2D eigenvalue weighted by atomic mass is 9.84. The van der Waals surface area contributed by atoms with E-state index in [1.54, 1.807) is 11.8 Å². The van der Waals surface area contributed by atoms with Gasteiger partial charge in [0.15, 0.2) is 6.10 Å². The minimum Gasteiger partial charge on any atom is -0.449 e. The molecule has 1 aliphatic carbocycles. The second-order valence-electron chi connectivity index (χ2n) is 7.76. The number of esters is 1. The van der Waals surface area contributed by atoms with Gasteiger partial charge in [0.1, 0.15) is 0 Å². The van der Waals surface area contributed by atoms with Crippen LogP contribution in [0.25, 0.3) is 10.9 Å². The van der Waals surface area contributed by atoms with Crippen LogP contribution in [-0.2, 0) is 27.1 Å². The first-order valence-electron chi connectivity index (χ1n) is 10.0. The number of nitrogens with zero attached hydrogens (tertiary/aromatic N) is 2. The van der Waals surface area contributed by atoms with Crippen molar-refractivity contribution in [3.05, 3.63) is 41.1 Å². The third kappa shape index (κ3) is 3.61. The van der Waals surface area contributed by atoms with Gasteiger partial charge in [0.05, 0.1) is 24.3 Å². The van der Waals surface area contributed by atoms with Gasteiger partial charge in [0.2, 0.25) is 0 Å². The highest BCUT2D eigenvalue weighted by Gasteiger charge is 2.30. The molecular weight excluding hydrogens is 356 g/mol. The van der Waals surface area contributed by atoms with E-state index in [1.807, 2.05) is 24.3 Å². The predicted octanol–water partition coefficient (Wildman–Crippen LogP) is 2.76. The number of carbonyl (C=O) groups excluding carboxylic acids is 2. The topological polar surface area (TPSA) is 68.7 Å². The highest BCUT2D eigenvalue weighted by molar-refractivity contribution is 6.05. The first kappa shape index (κ1) is 18.9. The Morgan fingerprint density at radius 2 is 2.00 bits per heavy atom. The molecule has 2 atom stereocenters. The van der Waals surface area contributed by atoms with Gasteiger partial charge in [-0.15, -0.1) is 0 Å². The summed E-state index contributed by atoms with van der Waals surface area (Å²) in [5, 5.41) is 0.798. The number of fused-ring (bicyclic) bond motifs is 2. The molecule has 4 rings (SSSR count). The normalized spacial score (nSPS) is 20.5. The van der Waals surface area contributed by atoms with E-state index in [2.05, 4.69) is 6.92 Å². The lowest BCUT2D eigenvalue weighted by Crippen LogP contribution is -2.46. The summed E-state index contributed by atoms with van der Waals surface area (Å²) in [6, 6.07) is 7.66. The van der Waals surface area contributed by atoms with Gasteiger partial charge >= 0.3 is 5.97 Å². The molecule has 2 unspecified atom stereocenters. The second-order valence-corrected chi connectivity index (χ2v) is 7.76. The smallest absolute Gasteiger partial charge is 0.339 e. The number of para-hydroxylation sites is 1. The number of aryl methyl sites for hydroxylation is 1. The fourth-order valence-corrected chi connectivity index (χ4v) is 4.11. The molecule has 1 fully saturated rings. The van der Waals surface area contributed by atoms with E-state index in [0.29, 0.717) is 37.8 Å². The Labute approximate surface area is 164 Å². The fourth-order valence-electron chi connectivity index (χ4n) is 4.11. The SMILES string of the molecule is CC1CCc2nc3ccccc3c(C(=O)OC(C)C(=O)N3CCOCC3)c2C1. The van der Waals surface area contributed by atoms with Crippen molar-refractivity contribution in [2.75, 3.05) is 26.3 Å². The summed E-state index contributed by atoms with van der Waals surface area (Å²) in [7, 11) is 0. The number of carbonyl (C=O) groups is 2. The summed E-state index contributed by atoms with van der Waals surface area (Å²) in [5.41, 5.74) is 3.34. The van der Waals surface area contributed by atoms with Gasteiger partial charge in [-0.3, -0.25) is 9.78 Å². The van der Waals surface area contributed by atoms with Crippen LogP contribution in [-0.4, -0.2) is 54.2 Å². The van der Waals surface area contributed by atoms with Crippen molar-refractivity contribution >= 4 is 22.8 Å². The number of rotatable bonds is 3. The largest absolute Gasteiger partial charge is 0.449 e. The molecule has 148 valence electrons. The maximum Gasteiger partial charge on any atom is 0.339 e. The van der Waals surface area contributed by atoms with Gasteiger partial charge in [-0.25, -0.2) is 4.79 Å². The molecule has 0 bridgehead atoms. The first-order valence-corrected chi connectivity index (χ1v) is 10.0. The van der Waals surface area contributed by atoms with Gasteiger partial charge in [-0.1, -0.05) is 25.1 Å². The highest BCUT2D eigenvalue weighted by atomic mass is 16.5. The Balaban J connectivity index is 1.64. The van der Waals surface area contributed by atoms with Crippen LogP contribution in [0.3, 0.4) is 0 Å². The Kier molecular flexibility index (Phi) is 5.31. The summed E-state index contributed by atoms with van der Waals surface area (Å²) < 4.78 is 11.0. The molecule has 28 heavy (non-hydrogen) atoms. The van der Waals surface area contributed by atoms with E-state index in [1.165, 1.54) is 0 Å². The van der Waals surface area contributed by atoms with Crippen LogP contribution in [0.2, 0.25) is 0 Å². The van der Waals surface area contributed by atoms with Crippen LogP contribution in [0.1, 0.15) is 41.9 Å². The molecule has 1 saturated heterocycles. The number of benzene rings is 1. The molecule has 1 aromatic carbocycles. The maximum absolute atomic E-state index is 13.2. The minimum absolute atomic E-state index is 0.169. The van der Waals surface area contributed by atoms with E-state index in [9.17, 15) is 9.59 Å². The van der Waals surface area contributed by atoms with E-state index >= 15 is 0 Å². The predicted molar refractivity (Wildman–Crippen MR) is 105 cm³/mol. The van der Waals surface area contributed by atoms with Crippen LogP contribution in [0.5, 0.6) is 0 Å². The van der Waals surface area contributed by atoms with Crippen molar-refractivity contribution < 1.29 is 19.1 Å². The zero-order valence-corrected chi connectivity index (χ0v) is 16.4. The first-order chi connectivity index (χ1) is 13.5. The van der Waals surface area contributed by atoms with Crippen molar-refractivity contribution in [1.29, 1.82) is 0 Å². The second kappa shape index (κ2) is 7.87. The van der Waals surface area contributed by atoms with Gasteiger partial charge in [0, 0.05) is 24.2 Å². The Morgan fingerprint density at radius 1 is 1.25 bits per heavy atom. The average molecular weight is 382 g/mol. The van der Waals surface area contributed by atoms with Gasteiger partial charge in [-0.2, -0.15) is 0 Å². The lowest BCUT2D eigenvalue weighted by molar-refractivity contribution is -0.143. The van der Waals surface area contributed by atoms with Crippen molar-refractivity contribution in [3.63, 3.8) is 0 Å². The Bertz CT molecular complexity index is 905.